The Kier molecular flexibility index (Phi) is 3.95. The van der Waals surface area contributed by atoms with Crippen LogP contribution in [0.1, 0.15) is 0 Å². The number of methoxy groups -OCH3 is 1. The molecule has 0 spiro atoms. The molecule has 1 N–H and O–H groups in total. The van der Waals surface area contributed by atoms with Gasteiger partial charge in [0.15, 0.2) is 16.2 Å². The highest BCUT2D eigenvalue weighted by Crippen LogP contribution is 2.24. The molecule has 0 radical (unpaired) electrons. The van der Waals surface area contributed by atoms with E-state index in [1.165, 1.54) is 26.3 Å². The van der Waals surface area contributed by atoms with Gasteiger partial charge in [0.25, 0.3) is 10.0 Å². The smallest absolute Gasteiger partial charge is 0.281 e. The molecule has 20 heavy (non-hydrogen) atoms. The lowest BCUT2D eigenvalue weighted by Crippen LogP contribution is -2.17. The predicted octanol–water partition coefficient (Wildman–Crippen LogP) is 1.53. The van der Waals surface area contributed by atoms with Gasteiger partial charge in [-0.3, -0.25) is 4.72 Å². The number of halogens is 2. The average Bonchev–Trinajstić information content (AvgIpc) is 2.69. The standard InChI is InChI=1S/C10H10BrFN4O3S/c1-16-10(9(11)13-15-16)20(17,18)14-6-3-4-8(19-2)7(12)5-6/h3-5,14H,1-2H3. The van der Waals surface area contributed by atoms with E-state index in [0.717, 1.165) is 10.7 Å². The van der Waals surface area contributed by atoms with Gasteiger partial charge in [0.1, 0.15) is 0 Å². The third-order valence-electron chi connectivity index (χ3n) is 2.40. The van der Waals surface area contributed by atoms with Crippen LogP contribution < -0.4 is 9.46 Å². The third-order valence-corrected chi connectivity index (χ3v) is 4.66. The summed E-state index contributed by atoms with van der Waals surface area (Å²) >= 11 is 3.00. The first-order valence-corrected chi connectivity index (χ1v) is 7.54. The zero-order valence-electron chi connectivity index (χ0n) is 10.5. The van der Waals surface area contributed by atoms with Crippen LogP contribution >= 0.6 is 15.9 Å². The van der Waals surface area contributed by atoms with E-state index in [0.29, 0.717) is 0 Å². The van der Waals surface area contributed by atoms with E-state index in [1.54, 1.807) is 0 Å². The average molecular weight is 365 g/mol. The largest absolute Gasteiger partial charge is 0.494 e. The molecule has 7 nitrogen and oxygen atoms in total. The summed E-state index contributed by atoms with van der Waals surface area (Å²) in [7, 11) is -1.18. The number of nitrogens with zero attached hydrogens (tertiary/aromatic N) is 3. The van der Waals surface area contributed by atoms with Gasteiger partial charge >= 0.3 is 0 Å². The molecule has 1 aromatic heterocycles. The summed E-state index contributed by atoms with van der Waals surface area (Å²) in [6, 6.07) is 3.73. The van der Waals surface area contributed by atoms with Crippen LogP contribution in [0.5, 0.6) is 5.75 Å². The minimum atomic E-state index is -3.93. The lowest BCUT2D eigenvalue weighted by Gasteiger charge is -2.09. The van der Waals surface area contributed by atoms with Gasteiger partial charge in [-0.05, 0) is 28.1 Å². The minimum Gasteiger partial charge on any atom is -0.494 e. The van der Waals surface area contributed by atoms with E-state index in [4.69, 9.17) is 4.74 Å². The van der Waals surface area contributed by atoms with E-state index < -0.39 is 15.8 Å². The molecule has 0 aliphatic carbocycles. The second kappa shape index (κ2) is 5.37. The molecule has 0 bridgehead atoms. The number of aryl methyl sites for hydroxylation is 1. The fourth-order valence-corrected chi connectivity index (χ4v) is 3.69. The monoisotopic (exact) mass is 364 g/mol. The number of nitrogens with one attached hydrogen (secondary N) is 1. The first-order chi connectivity index (χ1) is 9.35. The van der Waals surface area contributed by atoms with Crippen molar-refractivity contribution in [3.8, 4) is 5.75 Å². The van der Waals surface area contributed by atoms with Gasteiger partial charge in [0, 0.05) is 13.1 Å². The maximum Gasteiger partial charge on any atom is 0.281 e. The van der Waals surface area contributed by atoms with Crippen molar-refractivity contribution in [1.82, 2.24) is 15.0 Å². The van der Waals surface area contributed by atoms with Gasteiger partial charge in [-0.25, -0.2) is 9.07 Å². The number of hydrogen-bond acceptors (Lipinski definition) is 5. The molecule has 1 heterocycles. The fraction of sp³-hybridized carbons (Fsp3) is 0.200. The Bertz CT molecular complexity index is 727. The molecule has 0 aliphatic rings. The molecule has 0 atom stereocenters. The molecule has 0 unspecified atom stereocenters. The number of anilines is 1. The van der Waals surface area contributed by atoms with Crippen LogP contribution in [0.2, 0.25) is 0 Å². The van der Waals surface area contributed by atoms with E-state index >= 15 is 0 Å². The molecular weight excluding hydrogens is 355 g/mol. The Morgan fingerprint density at radius 1 is 1.45 bits per heavy atom. The van der Waals surface area contributed by atoms with Crippen molar-refractivity contribution in [1.29, 1.82) is 0 Å². The summed E-state index contributed by atoms with van der Waals surface area (Å²) < 4.78 is 46.0. The molecule has 2 rings (SSSR count). The molecule has 0 saturated carbocycles. The normalized spacial score (nSPS) is 11.4. The van der Waals surface area contributed by atoms with Gasteiger partial charge in [0.05, 0.1) is 12.8 Å². The number of ether oxygens (including phenoxy) is 1. The van der Waals surface area contributed by atoms with Crippen LogP contribution in [-0.2, 0) is 17.1 Å². The van der Waals surface area contributed by atoms with Crippen molar-refractivity contribution in [2.45, 2.75) is 5.03 Å². The van der Waals surface area contributed by atoms with Gasteiger partial charge in [0.2, 0.25) is 5.03 Å². The Labute approximate surface area is 122 Å². The van der Waals surface area contributed by atoms with Crippen LogP contribution in [-0.4, -0.2) is 30.5 Å². The van der Waals surface area contributed by atoms with Crippen LogP contribution in [0.4, 0.5) is 10.1 Å². The van der Waals surface area contributed by atoms with Crippen molar-refractivity contribution < 1.29 is 17.5 Å². The lowest BCUT2D eigenvalue weighted by atomic mass is 10.3. The quantitative estimate of drug-likeness (QED) is 0.888. The van der Waals surface area contributed by atoms with E-state index in [-0.39, 0.29) is 21.1 Å². The number of hydrogen-bond donors (Lipinski definition) is 1. The van der Waals surface area contributed by atoms with Crippen molar-refractivity contribution in [2.75, 3.05) is 11.8 Å². The molecule has 2 aromatic rings. The number of sulfonamides is 1. The van der Waals surface area contributed by atoms with Crippen molar-refractivity contribution in [2.24, 2.45) is 7.05 Å². The van der Waals surface area contributed by atoms with E-state index in [1.807, 2.05) is 0 Å². The van der Waals surface area contributed by atoms with Gasteiger partial charge < -0.3 is 4.74 Å². The molecule has 0 amide bonds. The number of rotatable bonds is 4. The third kappa shape index (κ3) is 2.75. The Hall–Kier alpha value is -1.68. The first kappa shape index (κ1) is 14.7. The molecule has 1 aromatic carbocycles. The highest BCUT2D eigenvalue weighted by atomic mass is 79.9. The van der Waals surface area contributed by atoms with Crippen LogP contribution in [0, 0.1) is 5.82 Å². The molecule has 0 saturated heterocycles. The molecular formula is C10H10BrFN4O3S. The van der Waals surface area contributed by atoms with Crippen LogP contribution in [0.15, 0.2) is 27.8 Å². The van der Waals surface area contributed by atoms with E-state index in [2.05, 4.69) is 31.0 Å². The summed E-state index contributed by atoms with van der Waals surface area (Å²) in [5.74, 6) is -0.647. The fourth-order valence-electron chi connectivity index (χ4n) is 1.54. The van der Waals surface area contributed by atoms with Crippen molar-refractivity contribution in [3.63, 3.8) is 0 Å². The maximum absolute atomic E-state index is 13.5. The molecule has 0 fully saturated rings. The Balaban J connectivity index is 2.36. The van der Waals surface area contributed by atoms with Crippen molar-refractivity contribution >= 4 is 31.6 Å². The van der Waals surface area contributed by atoms with Gasteiger partial charge in [-0.2, -0.15) is 8.42 Å². The summed E-state index contributed by atoms with van der Waals surface area (Å²) in [5.41, 5.74) is 0.0661. The highest BCUT2D eigenvalue weighted by Gasteiger charge is 2.24. The summed E-state index contributed by atoms with van der Waals surface area (Å²) in [5, 5.41) is 7.00. The van der Waals surface area contributed by atoms with Crippen LogP contribution in [0.25, 0.3) is 0 Å². The van der Waals surface area contributed by atoms with Gasteiger partial charge in [-0.15, -0.1) is 5.10 Å². The number of aromatic nitrogens is 3. The van der Waals surface area contributed by atoms with Crippen molar-refractivity contribution in [3.05, 3.63) is 28.6 Å². The topological polar surface area (TPSA) is 86.1 Å². The molecule has 10 heteroatoms. The van der Waals surface area contributed by atoms with Gasteiger partial charge in [-0.1, -0.05) is 5.21 Å². The second-order valence-corrected chi connectivity index (χ2v) is 6.11. The number of benzene rings is 1. The molecule has 0 aliphatic heterocycles. The first-order valence-electron chi connectivity index (χ1n) is 5.26. The minimum absolute atomic E-state index is 0.0244. The maximum atomic E-state index is 13.5. The summed E-state index contributed by atoms with van der Waals surface area (Å²) in [4.78, 5) is 0. The zero-order valence-corrected chi connectivity index (χ0v) is 12.9. The van der Waals surface area contributed by atoms with Crippen LogP contribution in [0.3, 0.4) is 0 Å². The summed E-state index contributed by atoms with van der Waals surface area (Å²) in [6.07, 6.45) is 0. The highest BCUT2D eigenvalue weighted by molar-refractivity contribution is 9.10. The lowest BCUT2D eigenvalue weighted by molar-refractivity contribution is 0.386. The Morgan fingerprint density at radius 3 is 2.65 bits per heavy atom. The summed E-state index contributed by atoms with van der Waals surface area (Å²) in [6.45, 7) is 0. The predicted molar refractivity (Wildman–Crippen MR) is 72.5 cm³/mol. The zero-order chi connectivity index (χ0) is 14.9. The molecule has 108 valence electrons. The van der Waals surface area contributed by atoms with E-state index in [9.17, 15) is 12.8 Å². The SMILES string of the molecule is COc1ccc(NS(=O)(=O)c2c(Br)nnn2C)cc1F. The second-order valence-electron chi connectivity index (χ2n) is 3.76. The Morgan fingerprint density at radius 2 is 2.15 bits per heavy atom.